The van der Waals surface area contributed by atoms with E-state index in [1.54, 1.807) is 0 Å². The van der Waals surface area contributed by atoms with Crippen molar-refractivity contribution < 1.29 is 23.9 Å². The molecule has 4 amide bonds. The summed E-state index contributed by atoms with van der Waals surface area (Å²) < 4.78 is 10.8. The van der Waals surface area contributed by atoms with E-state index in [1.807, 2.05) is 11.8 Å². The van der Waals surface area contributed by atoms with E-state index >= 15 is 0 Å². The van der Waals surface area contributed by atoms with Gasteiger partial charge in [0.05, 0.1) is 38.5 Å². The second-order valence-electron chi connectivity index (χ2n) is 8.72. The Hall–Kier alpha value is -1.52. The quantitative estimate of drug-likeness (QED) is 0.188. The molecular weight excluding hydrogens is 432 g/mol. The minimum absolute atomic E-state index is 0.0165. The number of amides is 4. The summed E-state index contributed by atoms with van der Waals surface area (Å²) in [5, 5.41) is 12.1. The molecule has 0 aliphatic carbocycles. The Kier molecular flexibility index (Phi) is 12.8. The molecule has 2 aliphatic rings. The van der Waals surface area contributed by atoms with Crippen LogP contribution in [-0.2, 0) is 19.1 Å². The maximum atomic E-state index is 11.9. The van der Waals surface area contributed by atoms with Gasteiger partial charge in [-0.2, -0.15) is 11.8 Å². The fourth-order valence-corrected chi connectivity index (χ4v) is 5.24. The lowest BCUT2D eigenvalue weighted by molar-refractivity contribution is -0.122. The van der Waals surface area contributed by atoms with Crippen LogP contribution in [0, 0.1) is 5.92 Å². The van der Waals surface area contributed by atoms with Gasteiger partial charge in [0.1, 0.15) is 0 Å². The van der Waals surface area contributed by atoms with Gasteiger partial charge in [-0.3, -0.25) is 9.59 Å². The lowest BCUT2D eigenvalue weighted by Gasteiger charge is -2.16. The zero-order chi connectivity index (χ0) is 23.2. The molecule has 32 heavy (non-hydrogen) atoms. The molecule has 2 fully saturated rings. The van der Waals surface area contributed by atoms with E-state index in [9.17, 15) is 14.4 Å². The number of carbonyl (C=O) groups is 3. The van der Waals surface area contributed by atoms with Gasteiger partial charge in [0.2, 0.25) is 11.8 Å². The zero-order valence-electron chi connectivity index (χ0n) is 19.5. The van der Waals surface area contributed by atoms with Gasteiger partial charge < -0.3 is 30.7 Å². The zero-order valence-corrected chi connectivity index (χ0v) is 20.3. The third kappa shape index (κ3) is 10.9. The summed E-state index contributed by atoms with van der Waals surface area (Å²) in [5.41, 5.74) is 0. The van der Waals surface area contributed by atoms with Gasteiger partial charge in [-0.05, 0) is 25.2 Å². The Morgan fingerprint density at radius 2 is 1.72 bits per heavy atom. The SMILES string of the molecule is CC(C)CCNC(=O)CCOCCOCCNC(=O)CCCCC1SC[C@@H]2NC(=O)N[C@H]12. The number of rotatable bonds is 17. The number of thioether (sulfide) groups is 1. The van der Waals surface area contributed by atoms with Crippen LogP contribution in [0.1, 0.15) is 52.4 Å². The Morgan fingerprint density at radius 1 is 1.00 bits per heavy atom. The molecule has 9 nitrogen and oxygen atoms in total. The van der Waals surface area contributed by atoms with Crippen molar-refractivity contribution in [1.82, 2.24) is 21.3 Å². The number of nitrogens with one attached hydrogen (secondary N) is 4. The van der Waals surface area contributed by atoms with Crippen molar-refractivity contribution in [1.29, 1.82) is 0 Å². The normalized spacial score (nSPS) is 21.8. The number of hydrogen-bond acceptors (Lipinski definition) is 6. The Labute approximate surface area is 195 Å². The summed E-state index contributed by atoms with van der Waals surface area (Å²) in [6, 6.07) is 0.429. The van der Waals surface area contributed by atoms with Crippen molar-refractivity contribution in [2.24, 2.45) is 5.92 Å². The van der Waals surface area contributed by atoms with Gasteiger partial charge in [-0.1, -0.05) is 20.3 Å². The molecule has 184 valence electrons. The van der Waals surface area contributed by atoms with Gasteiger partial charge in [-0.25, -0.2) is 4.79 Å². The Bertz CT molecular complexity index is 593. The van der Waals surface area contributed by atoms with Crippen LogP contribution in [0.3, 0.4) is 0 Å². The van der Waals surface area contributed by atoms with Crippen LogP contribution in [0.2, 0.25) is 0 Å². The highest BCUT2D eigenvalue weighted by atomic mass is 32.2. The fourth-order valence-electron chi connectivity index (χ4n) is 3.70. The molecule has 0 saturated carbocycles. The summed E-state index contributed by atoms with van der Waals surface area (Å²) in [4.78, 5) is 34.9. The number of fused-ring (bicyclic) bond motifs is 1. The first-order valence-corrected chi connectivity index (χ1v) is 12.9. The van der Waals surface area contributed by atoms with Crippen molar-refractivity contribution in [3.8, 4) is 0 Å². The van der Waals surface area contributed by atoms with Crippen LogP contribution in [0.25, 0.3) is 0 Å². The molecule has 0 aromatic rings. The predicted molar refractivity (Wildman–Crippen MR) is 126 cm³/mol. The van der Waals surface area contributed by atoms with E-state index in [0.29, 0.717) is 63.5 Å². The van der Waals surface area contributed by atoms with E-state index in [4.69, 9.17) is 9.47 Å². The van der Waals surface area contributed by atoms with E-state index in [0.717, 1.165) is 31.4 Å². The average Bonchev–Trinajstić information content (AvgIpc) is 3.29. The van der Waals surface area contributed by atoms with Gasteiger partial charge in [-0.15, -0.1) is 0 Å². The van der Waals surface area contributed by atoms with Crippen LogP contribution in [0.5, 0.6) is 0 Å². The topological polar surface area (TPSA) is 118 Å². The number of unbranched alkanes of at least 4 members (excludes halogenated alkanes) is 1. The summed E-state index contributed by atoms with van der Waals surface area (Å²) in [6.07, 6.45) is 4.70. The van der Waals surface area contributed by atoms with E-state index < -0.39 is 0 Å². The molecule has 0 bridgehead atoms. The summed E-state index contributed by atoms with van der Waals surface area (Å²) >= 11 is 1.90. The lowest BCUT2D eigenvalue weighted by Crippen LogP contribution is -2.36. The molecular formula is C22H40N4O5S. The highest BCUT2D eigenvalue weighted by Gasteiger charge is 2.42. The van der Waals surface area contributed by atoms with Crippen LogP contribution in [-0.4, -0.2) is 80.4 Å². The minimum atomic E-state index is -0.0571. The largest absolute Gasteiger partial charge is 0.379 e. The number of urea groups is 1. The molecule has 2 heterocycles. The average molecular weight is 473 g/mol. The van der Waals surface area contributed by atoms with Crippen molar-refractivity contribution in [3.63, 3.8) is 0 Å². The first-order chi connectivity index (χ1) is 15.5. The van der Waals surface area contributed by atoms with Crippen LogP contribution in [0.15, 0.2) is 0 Å². The predicted octanol–water partition coefficient (Wildman–Crippen LogP) is 1.41. The monoisotopic (exact) mass is 472 g/mol. The smallest absolute Gasteiger partial charge is 0.315 e. The van der Waals surface area contributed by atoms with Gasteiger partial charge in [0, 0.05) is 36.9 Å². The highest BCUT2D eigenvalue weighted by Crippen LogP contribution is 2.33. The summed E-state index contributed by atoms with van der Waals surface area (Å²) in [7, 11) is 0. The maximum absolute atomic E-state index is 11.9. The first kappa shape index (κ1) is 26.7. The molecule has 0 radical (unpaired) electrons. The van der Waals surface area contributed by atoms with E-state index in [2.05, 4.69) is 35.1 Å². The van der Waals surface area contributed by atoms with Crippen molar-refractivity contribution in [2.45, 2.75) is 69.7 Å². The number of hydrogen-bond donors (Lipinski definition) is 4. The molecule has 2 saturated heterocycles. The van der Waals surface area contributed by atoms with Crippen LogP contribution in [0.4, 0.5) is 4.79 Å². The molecule has 2 aliphatic heterocycles. The molecule has 1 unspecified atom stereocenters. The van der Waals surface area contributed by atoms with Gasteiger partial charge in [0.15, 0.2) is 0 Å². The molecule has 4 N–H and O–H groups in total. The Morgan fingerprint density at radius 3 is 2.50 bits per heavy atom. The molecule has 0 aromatic carbocycles. The third-order valence-electron chi connectivity index (χ3n) is 5.54. The van der Waals surface area contributed by atoms with Crippen molar-refractivity contribution in [2.75, 3.05) is 45.3 Å². The second-order valence-corrected chi connectivity index (χ2v) is 10.00. The fraction of sp³-hybridized carbons (Fsp3) is 0.864. The van der Waals surface area contributed by atoms with E-state index in [-0.39, 0.29) is 29.9 Å². The molecule has 0 spiro atoms. The molecule has 3 atom stereocenters. The second kappa shape index (κ2) is 15.3. The molecule has 2 rings (SSSR count). The Balaban J connectivity index is 1.33. The van der Waals surface area contributed by atoms with Gasteiger partial charge in [0.25, 0.3) is 0 Å². The van der Waals surface area contributed by atoms with E-state index in [1.165, 1.54) is 0 Å². The van der Waals surface area contributed by atoms with Crippen molar-refractivity contribution in [3.05, 3.63) is 0 Å². The third-order valence-corrected chi connectivity index (χ3v) is 7.05. The maximum Gasteiger partial charge on any atom is 0.315 e. The highest BCUT2D eigenvalue weighted by molar-refractivity contribution is 8.00. The summed E-state index contributed by atoms with van der Waals surface area (Å²) in [6.45, 7) is 7.16. The van der Waals surface area contributed by atoms with Crippen LogP contribution < -0.4 is 21.3 Å². The minimum Gasteiger partial charge on any atom is -0.379 e. The first-order valence-electron chi connectivity index (χ1n) is 11.8. The molecule has 10 heteroatoms. The summed E-state index contributed by atoms with van der Waals surface area (Å²) in [5.74, 6) is 1.61. The molecule has 0 aromatic heterocycles. The number of carbonyl (C=O) groups excluding carboxylic acids is 3. The number of ether oxygens (including phenoxy) is 2. The van der Waals surface area contributed by atoms with Crippen LogP contribution >= 0.6 is 11.8 Å². The van der Waals surface area contributed by atoms with Gasteiger partial charge >= 0.3 is 6.03 Å². The van der Waals surface area contributed by atoms with Crippen molar-refractivity contribution >= 4 is 29.6 Å². The standard InChI is InChI=1S/C22H40N4O5S/c1-16(2)7-9-23-20(28)8-11-30-13-14-31-12-10-24-19(27)6-4-3-5-18-21-17(15-32-18)25-22(29)26-21/h16-18,21H,3-15H2,1-2H3,(H,23,28)(H,24,27)(H2,25,26,29)/t17-,18?,21-/m0/s1. The lowest BCUT2D eigenvalue weighted by atomic mass is 10.0.